The number of carbonyl (C=O) groups is 2. The summed E-state index contributed by atoms with van der Waals surface area (Å²) in [7, 11) is 4.38. The molecule has 0 saturated carbocycles. The molecule has 0 saturated heterocycles. The van der Waals surface area contributed by atoms with Crippen LogP contribution in [0.4, 0.5) is 0 Å². The minimum Gasteiger partial charge on any atom is -0.493 e. The Labute approximate surface area is 171 Å². The number of carbonyl (C=O) groups excluding carboxylic acids is 2. The van der Waals surface area contributed by atoms with Gasteiger partial charge in [-0.1, -0.05) is 34.1 Å². The Kier molecular flexibility index (Phi) is 7.82. The van der Waals surface area contributed by atoms with Crippen molar-refractivity contribution in [2.45, 2.75) is 0 Å². The first-order chi connectivity index (χ1) is 13.5. The van der Waals surface area contributed by atoms with E-state index >= 15 is 0 Å². The first-order valence-corrected chi connectivity index (χ1v) is 8.94. The van der Waals surface area contributed by atoms with Crippen LogP contribution < -0.4 is 25.0 Å². The lowest BCUT2D eigenvalue weighted by molar-refractivity contribution is -0.120. The monoisotopic (exact) mass is 449 g/mol. The second kappa shape index (κ2) is 10.3. The molecule has 0 aliphatic heterocycles. The number of nitrogens with zero attached hydrogens (tertiary/aromatic N) is 1. The molecule has 0 radical (unpaired) electrons. The quantitative estimate of drug-likeness (QED) is 0.476. The van der Waals surface area contributed by atoms with Gasteiger partial charge in [-0.15, -0.1) is 0 Å². The van der Waals surface area contributed by atoms with E-state index in [9.17, 15) is 9.59 Å². The number of hydrogen-bond acceptors (Lipinski definition) is 6. The van der Waals surface area contributed by atoms with Crippen LogP contribution in [0.1, 0.15) is 15.9 Å². The molecule has 148 valence electrons. The maximum absolute atomic E-state index is 12.3. The highest BCUT2D eigenvalue weighted by atomic mass is 79.9. The van der Waals surface area contributed by atoms with Crippen molar-refractivity contribution in [2.24, 2.45) is 5.10 Å². The van der Waals surface area contributed by atoms with E-state index in [1.165, 1.54) is 39.7 Å². The molecule has 0 fully saturated rings. The molecular formula is C19H20BrN3O5. The van der Waals surface area contributed by atoms with Gasteiger partial charge in [0, 0.05) is 15.6 Å². The molecule has 0 aliphatic carbocycles. The average Bonchev–Trinajstić information content (AvgIpc) is 2.72. The topological polar surface area (TPSA) is 98.2 Å². The zero-order chi connectivity index (χ0) is 20.5. The predicted octanol–water partition coefficient (Wildman–Crippen LogP) is 2.35. The fourth-order valence-corrected chi connectivity index (χ4v) is 2.66. The Morgan fingerprint density at radius 2 is 1.71 bits per heavy atom. The van der Waals surface area contributed by atoms with Crippen molar-refractivity contribution in [2.75, 3.05) is 27.9 Å². The van der Waals surface area contributed by atoms with Crippen LogP contribution in [0.5, 0.6) is 17.2 Å². The van der Waals surface area contributed by atoms with E-state index in [1.807, 2.05) is 24.3 Å². The van der Waals surface area contributed by atoms with Crippen LogP contribution in [-0.2, 0) is 4.79 Å². The Hall–Kier alpha value is -3.07. The third-order valence-electron chi connectivity index (χ3n) is 3.63. The van der Waals surface area contributed by atoms with Crippen molar-refractivity contribution in [3.05, 3.63) is 52.0 Å². The van der Waals surface area contributed by atoms with Crippen LogP contribution in [0, 0.1) is 0 Å². The standard InChI is InChI=1S/C19H20BrN3O5/c1-26-15-8-13(9-16(27-2)18(15)28-3)19(25)21-11-17(24)23-22-10-12-6-4-5-7-14(12)20/h4-10H,11H2,1-3H3,(H,21,25)(H,23,24)/b22-10-. The summed E-state index contributed by atoms with van der Waals surface area (Å²) in [6.45, 7) is -0.247. The van der Waals surface area contributed by atoms with E-state index in [2.05, 4.69) is 31.8 Å². The lowest BCUT2D eigenvalue weighted by Gasteiger charge is -2.14. The van der Waals surface area contributed by atoms with Crippen molar-refractivity contribution in [1.29, 1.82) is 0 Å². The van der Waals surface area contributed by atoms with Gasteiger partial charge >= 0.3 is 0 Å². The molecular weight excluding hydrogens is 430 g/mol. The normalized spacial score (nSPS) is 10.4. The zero-order valence-electron chi connectivity index (χ0n) is 15.6. The van der Waals surface area contributed by atoms with Gasteiger partial charge in [0.25, 0.3) is 11.8 Å². The van der Waals surface area contributed by atoms with Crippen molar-refractivity contribution in [3.63, 3.8) is 0 Å². The maximum Gasteiger partial charge on any atom is 0.259 e. The average molecular weight is 450 g/mol. The van der Waals surface area contributed by atoms with Gasteiger partial charge in [0.2, 0.25) is 5.75 Å². The van der Waals surface area contributed by atoms with Crippen LogP contribution in [0.15, 0.2) is 46.0 Å². The Bertz CT molecular complexity index is 861. The van der Waals surface area contributed by atoms with E-state index < -0.39 is 11.8 Å². The second-order valence-corrected chi connectivity index (χ2v) is 6.27. The molecule has 28 heavy (non-hydrogen) atoms. The van der Waals surface area contributed by atoms with Crippen LogP contribution in [-0.4, -0.2) is 45.9 Å². The van der Waals surface area contributed by atoms with E-state index in [0.717, 1.165) is 10.0 Å². The summed E-state index contributed by atoms with van der Waals surface area (Å²) < 4.78 is 16.5. The molecule has 9 heteroatoms. The Balaban J connectivity index is 1.96. The molecule has 2 amide bonds. The Morgan fingerprint density at radius 1 is 1.07 bits per heavy atom. The highest BCUT2D eigenvalue weighted by Gasteiger charge is 2.17. The summed E-state index contributed by atoms with van der Waals surface area (Å²) in [5.41, 5.74) is 3.43. The van der Waals surface area contributed by atoms with Crippen LogP contribution >= 0.6 is 15.9 Å². The van der Waals surface area contributed by atoms with Crippen molar-refractivity contribution in [3.8, 4) is 17.2 Å². The summed E-state index contributed by atoms with van der Waals surface area (Å²) >= 11 is 3.38. The summed E-state index contributed by atoms with van der Waals surface area (Å²) in [6.07, 6.45) is 1.50. The number of ether oxygens (including phenoxy) is 3. The van der Waals surface area contributed by atoms with Crippen molar-refractivity contribution in [1.82, 2.24) is 10.7 Å². The van der Waals surface area contributed by atoms with E-state index in [4.69, 9.17) is 14.2 Å². The van der Waals surface area contributed by atoms with Gasteiger partial charge in [-0.05, 0) is 18.2 Å². The second-order valence-electron chi connectivity index (χ2n) is 5.41. The molecule has 0 aliphatic rings. The van der Waals surface area contributed by atoms with Gasteiger partial charge in [0.15, 0.2) is 11.5 Å². The molecule has 0 heterocycles. The maximum atomic E-state index is 12.3. The molecule has 0 atom stereocenters. The fraction of sp³-hybridized carbons (Fsp3) is 0.211. The largest absolute Gasteiger partial charge is 0.493 e. The minimum atomic E-state index is -0.468. The minimum absolute atomic E-state index is 0.247. The first kappa shape index (κ1) is 21.2. The predicted molar refractivity (Wildman–Crippen MR) is 108 cm³/mol. The van der Waals surface area contributed by atoms with Gasteiger partial charge in [0.1, 0.15) is 0 Å². The van der Waals surface area contributed by atoms with Crippen LogP contribution in [0.2, 0.25) is 0 Å². The van der Waals surface area contributed by atoms with Crippen LogP contribution in [0.25, 0.3) is 0 Å². The molecule has 0 bridgehead atoms. The summed E-state index contributed by atoms with van der Waals surface area (Å²) in [5, 5.41) is 6.38. The van der Waals surface area contributed by atoms with Gasteiger partial charge in [-0.3, -0.25) is 9.59 Å². The fourth-order valence-electron chi connectivity index (χ4n) is 2.27. The number of hydrazone groups is 1. The summed E-state index contributed by atoms with van der Waals surface area (Å²) in [6, 6.07) is 10.4. The Morgan fingerprint density at radius 3 is 2.29 bits per heavy atom. The van der Waals surface area contributed by atoms with Gasteiger partial charge in [-0.2, -0.15) is 5.10 Å². The van der Waals surface area contributed by atoms with Crippen LogP contribution in [0.3, 0.4) is 0 Å². The SMILES string of the molecule is COc1cc(C(=O)NCC(=O)N/N=C\c2ccccc2Br)cc(OC)c1OC. The molecule has 0 unspecified atom stereocenters. The molecule has 0 spiro atoms. The molecule has 2 aromatic carbocycles. The summed E-state index contributed by atoms with van der Waals surface area (Å²) in [4.78, 5) is 24.2. The summed E-state index contributed by atoms with van der Waals surface area (Å²) in [5.74, 6) is 0.123. The van der Waals surface area contributed by atoms with Crippen molar-refractivity contribution < 1.29 is 23.8 Å². The highest BCUT2D eigenvalue weighted by Crippen LogP contribution is 2.38. The van der Waals surface area contributed by atoms with Gasteiger partial charge in [-0.25, -0.2) is 5.43 Å². The number of halogens is 1. The smallest absolute Gasteiger partial charge is 0.259 e. The van der Waals surface area contributed by atoms with E-state index in [-0.39, 0.29) is 12.1 Å². The first-order valence-electron chi connectivity index (χ1n) is 8.14. The lowest BCUT2D eigenvalue weighted by atomic mass is 10.1. The number of amides is 2. The zero-order valence-corrected chi connectivity index (χ0v) is 17.2. The lowest BCUT2D eigenvalue weighted by Crippen LogP contribution is -2.35. The third kappa shape index (κ3) is 5.46. The highest BCUT2D eigenvalue weighted by molar-refractivity contribution is 9.10. The van der Waals surface area contributed by atoms with E-state index in [0.29, 0.717) is 17.2 Å². The molecule has 8 nitrogen and oxygen atoms in total. The number of benzene rings is 2. The number of hydrogen-bond donors (Lipinski definition) is 2. The van der Waals surface area contributed by atoms with E-state index in [1.54, 1.807) is 0 Å². The molecule has 0 aromatic heterocycles. The number of methoxy groups -OCH3 is 3. The molecule has 2 rings (SSSR count). The van der Waals surface area contributed by atoms with Crippen molar-refractivity contribution >= 4 is 34.0 Å². The third-order valence-corrected chi connectivity index (χ3v) is 4.36. The van der Waals surface area contributed by atoms with Gasteiger partial charge < -0.3 is 19.5 Å². The van der Waals surface area contributed by atoms with Gasteiger partial charge in [0.05, 0.1) is 34.1 Å². The number of nitrogens with one attached hydrogen (secondary N) is 2. The number of rotatable bonds is 8. The molecule has 2 aromatic rings. The molecule has 2 N–H and O–H groups in total.